The molecule has 1 aromatic rings. The highest BCUT2D eigenvalue weighted by molar-refractivity contribution is 5.26. The Morgan fingerprint density at radius 3 is 2.73 bits per heavy atom. The second kappa shape index (κ2) is 5.66. The van der Waals surface area contributed by atoms with Crippen LogP contribution in [0.4, 0.5) is 5.95 Å². The molecule has 0 radical (unpaired) electrons. The summed E-state index contributed by atoms with van der Waals surface area (Å²) in [6, 6.07) is 1.94. The van der Waals surface area contributed by atoms with Crippen LogP contribution in [0.2, 0.25) is 0 Å². The smallest absolute Gasteiger partial charge is 0.225 e. The molecule has 0 saturated heterocycles. The van der Waals surface area contributed by atoms with E-state index in [-0.39, 0.29) is 0 Å². The third-order valence-corrected chi connectivity index (χ3v) is 1.96. The maximum absolute atomic E-state index is 4.42. The van der Waals surface area contributed by atoms with Gasteiger partial charge in [-0.1, -0.05) is 13.8 Å². The van der Waals surface area contributed by atoms with Crippen LogP contribution >= 0.6 is 0 Å². The van der Waals surface area contributed by atoms with Crippen molar-refractivity contribution in [2.24, 2.45) is 5.92 Å². The molecule has 0 saturated carbocycles. The first kappa shape index (κ1) is 11.9. The fourth-order valence-electron chi connectivity index (χ4n) is 1.19. The van der Waals surface area contributed by atoms with Crippen molar-refractivity contribution in [2.75, 3.05) is 25.5 Å². The van der Waals surface area contributed by atoms with Gasteiger partial charge in [0.1, 0.15) is 0 Å². The molecule has 0 atom stereocenters. The zero-order valence-electron chi connectivity index (χ0n) is 9.99. The topological polar surface area (TPSA) is 41.1 Å². The second-order valence-corrected chi connectivity index (χ2v) is 4.27. The number of nitrogens with zero attached hydrogens (tertiary/aromatic N) is 3. The van der Waals surface area contributed by atoms with Crippen molar-refractivity contribution >= 4 is 5.95 Å². The fourth-order valence-corrected chi connectivity index (χ4v) is 1.19. The van der Waals surface area contributed by atoms with Gasteiger partial charge in [-0.15, -0.1) is 0 Å². The molecular weight excluding hydrogens is 188 g/mol. The number of nitrogens with one attached hydrogen (secondary N) is 1. The highest BCUT2D eigenvalue weighted by atomic mass is 15.2. The van der Waals surface area contributed by atoms with Crippen LogP contribution in [0.25, 0.3) is 0 Å². The van der Waals surface area contributed by atoms with Gasteiger partial charge >= 0.3 is 0 Å². The van der Waals surface area contributed by atoms with Gasteiger partial charge in [0.25, 0.3) is 0 Å². The molecule has 0 bridgehead atoms. The van der Waals surface area contributed by atoms with Gasteiger partial charge in [-0.3, -0.25) is 0 Å². The number of hydrogen-bond donors (Lipinski definition) is 1. The van der Waals surface area contributed by atoms with E-state index in [1.807, 2.05) is 25.1 Å². The maximum atomic E-state index is 4.42. The minimum atomic E-state index is 0.667. The average Bonchev–Trinajstić information content (AvgIpc) is 2.17. The van der Waals surface area contributed by atoms with E-state index in [0.29, 0.717) is 5.92 Å². The quantitative estimate of drug-likeness (QED) is 0.791. The molecule has 0 fully saturated rings. The van der Waals surface area contributed by atoms with E-state index in [9.17, 15) is 0 Å². The lowest BCUT2D eigenvalue weighted by Crippen LogP contribution is -2.20. The molecule has 1 rings (SSSR count). The molecule has 4 nitrogen and oxygen atoms in total. The molecule has 0 aromatic carbocycles. The van der Waals surface area contributed by atoms with Gasteiger partial charge in [-0.25, -0.2) is 9.97 Å². The summed E-state index contributed by atoms with van der Waals surface area (Å²) in [6.45, 7) is 6.21. The first-order valence-corrected chi connectivity index (χ1v) is 5.29. The predicted octanol–water partition coefficient (Wildman–Crippen LogP) is 1.29. The molecule has 0 aliphatic carbocycles. The van der Waals surface area contributed by atoms with Gasteiger partial charge in [-0.05, 0) is 18.5 Å². The van der Waals surface area contributed by atoms with E-state index in [4.69, 9.17) is 0 Å². The number of anilines is 1. The number of aromatic nitrogens is 2. The Hall–Kier alpha value is -1.16. The Morgan fingerprint density at radius 1 is 1.40 bits per heavy atom. The van der Waals surface area contributed by atoms with E-state index in [1.54, 1.807) is 6.20 Å². The summed E-state index contributed by atoms with van der Waals surface area (Å²) in [5.74, 6) is 1.43. The number of rotatable bonds is 5. The van der Waals surface area contributed by atoms with Crippen LogP contribution in [0.1, 0.15) is 19.5 Å². The number of hydrogen-bond acceptors (Lipinski definition) is 4. The largest absolute Gasteiger partial charge is 0.347 e. The van der Waals surface area contributed by atoms with Gasteiger partial charge in [0.15, 0.2) is 0 Å². The van der Waals surface area contributed by atoms with Crippen molar-refractivity contribution in [1.29, 1.82) is 0 Å². The van der Waals surface area contributed by atoms with E-state index >= 15 is 0 Å². The molecule has 4 heteroatoms. The highest BCUT2D eigenvalue weighted by Crippen LogP contribution is 2.03. The van der Waals surface area contributed by atoms with Crippen molar-refractivity contribution in [1.82, 2.24) is 15.3 Å². The molecule has 0 aliphatic heterocycles. The van der Waals surface area contributed by atoms with Gasteiger partial charge in [0.2, 0.25) is 5.95 Å². The Kier molecular flexibility index (Phi) is 4.49. The predicted molar refractivity (Wildman–Crippen MR) is 62.9 cm³/mol. The Labute approximate surface area is 91.7 Å². The zero-order chi connectivity index (χ0) is 11.3. The molecule has 1 aromatic heterocycles. The van der Waals surface area contributed by atoms with Crippen LogP contribution in [-0.4, -0.2) is 30.6 Å². The lowest BCUT2D eigenvalue weighted by Gasteiger charge is -2.11. The lowest BCUT2D eigenvalue weighted by molar-refractivity contribution is 0.548. The third-order valence-electron chi connectivity index (χ3n) is 1.96. The fraction of sp³-hybridized carbons (Fsp3) is 0.636. The molecular formula is C11H20N4. The van der Waals surface area contributed by atoms with E-state index in [2.05, 4.69) is 29.1 Å². The first-order valence-electron chi connectivity index (χ1n) is 5.29. The molecule has 0 amide bonds. The summed E-state index contributed by atoms with van der Waals surface area (Å²) in [5, 5.41) is 3.36. The van der Waals surface area contributed by atoms with Crippen LogP contribution in [0, 0.1) is 5.92 Å². The van der Waals surface area contributed by atoms with Crippen LogP contribution < -0.4 is 10.2 Å². The molecule has 1 heterocycles. The molecule has 0 unspecified atom stereocenters. The van der Waals surface area contributed by atoms with Gasteiger partial charge < -0.3 is 10.2 Å². The highest BCUT2D eigenvalue weighted by Gasteiger charge is 2.01. The SMILES string of the molecule is CC(C)CNCc1ccnc(N(C)C)n1. The summed E-state index contributed by atoms with van der Waals surface area (Å²) in [6.07, 6.45) is 1.80. The Bertz CT molecular complexity index is 296. The average molecular weight is 208 g/mol. The molecule has 15 heavy (non-hydrogen) atoms. The standard InChI is InChI=1S/C11H20N4/c1-9(2)7-12-8-10-5-6-13-11(14-10)15(3)4/h5-6,9,12H,7-8H2,1-4H3. The van der Waals surface area contributed by atoms with Crippen LogP contribution in [0.3, 0.4) is 0 Å². The summed E-state index contributed by atoms with van der Waals surface area (Å²) < 4.78 is 0. The minimum Gasteiger partial charge on any atom is -0.347 e. The first-order chi connectivity index (χ1) is 7.09. The van der Waals surface area contributed by atoms with Crippen LogP contribution in [-0.2, 0) is 6.54 Å². The maximum Gasteiger partial charge on any atom is 0.225 e. The van der Waals surface area contributed by atoms with Crippen molar-refractivity contribution in [3.63, 3.8) is 0 Å². The summed E-state index contributed by atoms with van der Waals surface area (Å²) >= 11 is 0. The van der Waals surface area contributed by atoms with Crippen molar-refractivity contribution < 1.29 is 0 Å². The summed E-state index contributed by atoms with van der Waals surface area (Å²) in [4.78, 5) is 10.5. The Morgan fingerprint density at radius 2 is 2.13 bits per heavy atom. The van der Waals surface area contributed by atoms with Crippen LogP contribution in [0.5, 0.6) is 0 Å². The van der Waals surface area contributed by atoms with Crippen molar-refractivity contribution in [3.05, 3.63) is 18.0 Å². The lowest BCUT2D eigenvalue weighted by atomic mass is 10.2. The normalized spacial score (nSPS) is 10.7. The monoisotopic (exact) mass is 208 g/mol. The van der Waals surface area contributed by atoms with Crippen LogP contribution in [0.15, 0.2) is 12.3 Å². The van der Waals surface area contributed by atoms with E-state index < -0.39 is 0 Å². The summed E-state index contributed by atoms with van der Waals surface area (Å²) in [5.41, 5.74) is 1.04. The van der Waals surface area contributed by atoms with Crippen molar-refractivity contribution in [2.45, 2.75) is 20.4 Å². The van der Waals surface area contributed by atoms with Gasteiger partial charge in [-0.2, -0.15) is 0 Å². The van der Waals surface area contributed by atoms with E-state index in [0.717, 1.165) is 24.7 Å². The summed E-state index contributed by atoms with van der Waals surface area (Å²) in [7, 11) is 3.89. The zero-order valence-corrected chi connectivity index (χ0v) is 9.99. The molecule has 1 N–H and O–H groups in total. The van der Waals surface area contributed by atoms with Gasteiger partial charge in [0, 0.05) is 26.8 Å². The second-order valence-electron chi connectivity index (χ2n) is 4.27. The molecule has 0 spiro atoms. The molecule has 0 aliphatic rings. The third kappa shape index (κ3) is 4.25. The van der Waals surface area contributed by atoms with Crippen molar-refractivity contribution in [3.8, 4) is 0 Å². The Balaban J connectivity index is 2.50. The minimum absolute atomic E-state index is 0.667. The van der Waals surface area contributed by atoms with E-state index in [1.165, 1.54) is 0 Å². The van der Waals surface area contributed by atoms with Gasteiger partial charge in [0.05, 0.1) is 5.69 Å². The molecule has 84 valence electrons.